The molecule has 0 atom stereocenters. The first kappa shape index (κ1) is 24.2. The number of rotatable bonds is 8. The Morgan fingerprint density at radius 2 is 0.821 bits per heavy atom. The van der Waals surface area contributed by atoms with Crippen molar-refractivity contribution in [2.45, 2.75) is 6.29 Å². The molecule has 0 amide bonds. The van der Waals surface area contributed by atoms with Crippen LogP contribution in [0.4, 0.5) is 0 Å². The second-order valence-corrected chi connectivity index (χ2v) is 6.79. The monoisotopic (exact) mass is 406 g/mol. The molecule has 0 saturated carbocycles. The van der Waals surface area contributed by atoms with E-state index in [0.717, 1.165) is 0 Å². The number of aliphatic hydroxyl groups excluding tert-OH is 1. The number of carbonyl (C=O) groups is 3. The number of β-amino-alcohol motifs (C(OH)–C–C–N with tert-alkyl or cyclic N) is 2. The Kier molecular flexibility index (Phi) is 10.9. The zero-order valence-electron chi connectivity index (χ0n) is 15.8. The highest BCUT2D eigenvalue weighted by atomic mass is 16.5. The van der Waals surface area contributed by atoms with Gasteiger partial charge in [0.15, 0.2) is 6.29 Å². The van der Waals surface area contributed by atoms with Crippen molar-refractivity contribution in [2.24, 2.45) is 0 Å². The fraction of sp³-hybridized carbons (Fsp3) is 0.812. The van der Waals surface area contributed by atoms with Crippen LogP contribution < -0.4 is 0 Å². The molecule has 5 N–H and O–H groups in total. The largest absolute Gasteiger partial charge is 0.480 e. The van der Waals surface area contributed by atoms with Crippen LogP contribution >= 0.6 is 0 Å². The van der Waals surface area contributed by atoms with E-state index in [-0.39, 0.29) is 26.2 Å². The highest BCUT2D eigenvalue weighted by molar-refractivity contribution is 5.69. The van der Waals surface area contributed by atoms with Gasteiger partial charge in [-0.15, -0.1) is 0 Å². The van der Waals surface area contributed by atoms with Crippen molar-refractivity contribution in [3.63, 3.8) is 0 Å². The van der Waals surface area contributed by atoms with Gasteiger partial charge in [-0.3, -0.25) is 34.0 Å². The van der Waals surface area contributed by atoms with E-state index in [0.29, 0.717) is 52.4 Å². The smallest absolute Gasteiger partial charge is 0.317 e. The standard InChI is InChI=1S/C16H30N4O8/c21-13(22)9-17-1-2-18(10-14(23)24)5-6-20(12-16(27)28)8-7-19(4-3-17)11-15(25)26/h13,21-22H,1-12H2,(H,23,24)(H,25,26)(H,27,28). The number of hydrogen-bond donors (Lipinski definition) is 5. The van der Waals surface area contributed by atoms with E-state index in [4.69, 9.17) is 15.3 Å². The van der Waals surface area contributed by atoms with Gasteiger partial charge in [0.2, 0.25) is 0 Å². The van der Waals surface area contributed by atoms with E-state index in [1.165, 1.54) is 0 Å². The fourth-order valence-corrected chi connectivity index (χ4v) is 3.04. The molecule has 0 bridgehead atoms. The second-order valence-electron chi connectivity index (χ2n) is 6.79. The van der Waals surface area contributed by atoms with Gasteiger partial charge in [0, 0.05) is 58.9 Å². The summed E-state index contributed by atoms with van der Waals surface area (Å²) in [6.45, 7) is 2.06. The fourth-order valence-electron chi connectivity index (χ4n) is 3.04. The molecule has 28 heavy (non-hydrogen) atoms. The lowest BCUT2D eigenvalue weighted by molar-refractivity contribution is -0.140. The predicted octanol–water partition coefficient (Wildman–Crippen LogP) is -3.23. The molecule has 12 heteroatoms. The third kappa shape index (κ3) is 11.1. The lowest BCUT2D eigenvalue weighted by atomic mass is 10.3. The maximum atomic E-state index is 11.1. The molecule has 0 spiro atoms. The van der Waals surface area contributed by atoms with Gasteiger partial charge in [0.05, 0.1) is 19.6 Å². The van der Waals surface area contributed by atoms with E-state index in [1.807, 2.05) is 0 Å². The van der Waals surface area contributed by atoms with Gasteiger partial charge in [-0.2, -0.15) is 0 Å². The molecule has 0 aromatic carbocycles. The molecular formula is C16H30N4O8. The highest BCUT2D eigenvalue weighted by Crippen LogP contribution is 2.02. The molecule has 0 radical (unpaired) electrons. The molecule has 1 aliphatic rings. The van der Waals surface area contributed by atoms with Gasteiger partial charge in [-0.25, -0.2) is 0 Å². The molecular weight excluding hydrogens is 376 g/mol. The molecule has 0 unspecified atom stereocenters. The van der Waals surface area contributed by atoms with Crippen LogP contribution in [0.15, 0.2) is 0 Å². The van der Waals surface area contributed by atoms with Gasteiger partial charge in [-0.1, -0.05) is 0 Å². The maximum absolute atomic E-state index is 11.1. The average molecular weight is 406 g/mol. The molecule has 1 heterocycles. The summed E-state index contributed by atoms with van der Waals surface area (Å²) < 4.78 is 0. The highest BCUT2D eigenvalue weighted by Gasteiger charge is 2.20. The Hall–Kier alpha value is -1.83. The average Bonchev–Trinajstić information content (AvgIpc) is 2.55. The summed E-state index contributed by atoms with van der Waals surface area (Å²) >= 11 is 0. The van der Waals surface area contributed by atoms with Crippen molar-refractivity contribution in [1.82, 2.24) is 19.6 Å². The number of aliphatic hydroxyl groups is 2. The summed E-state index contributed by atoms with van der Waals surface area (Å²) in [6, 6.07) is 0. The molecule has 162 valence electrons. The van der Waals surface area contributed by atoms with Crippen molar-refractivity contribution in [3.8, 4) is 0 Å². The molecule has 1 rings (SSSR count). The minimum Gasteiger partial charge on any atom is -0.480 e. The quantitative estimate of drug-likeness (QED) is 0.256. The zero-order chi connectivity index (χ0) is 21.1. The number of carboxylic acids is 3. The molecule has 1 saturated heterocycles. The van der Waals surface area contributed by atoms with E-state index >= 15 is 0 Å². The number of nitrogens with zero attached hydrogens (tertiary/aromatic N) is 4. The first-order valence-corrected chi connectivity index (χ1v) is 9.06. The third-order valence-corrected chi connectivity index (χ3v) is 4.43. The SMILES string of the molecule is O=C(O)CN1CCN(CC(=O)O)CCN(CC(O)O)CCN(CC(=O)O)CC1. The molecule has 0 aliphatic carbocycles. The van der Waals surface area contributed by atoms with Gasteiger partial charge < -0.3 is 25.5 Å². The third-order valence-electron chi connectivity index (χ3n) is 4.43. The van der Waals surface area contributed by atoms with Crippen molar-refractivity contribution >= 4 is 17.9 Å². The number of hydrogen-bond acceptors (Lipinski definition) is 9. The van der Waals surface area contributed by atoms with Crippen LogP contribution in [-0.2, 0) is 14.4 Å². The Morgan fingerprint density at radius 1 is 0.571 bits per heavy atom. The van der Waals surface area contributed by atoms with Crippen LogP contribution in [0.3, 0.4) is 0 Å². The first-order chi connectivity index (χ1) is 13.2. The molecule has 1 fully saturated rings. The molecule has 12 nitrogen and oxygen atoms in total. The van der Waals surface area contributed by atoms with Crippen LogP contribution in [0.5, 0.6) is 0 Å². The van der Waals surface area contributed by atoms with Crippen LogP contribution in [-0.4, -0.2) is 148 Å². The Bertz CT molecular complexity index is 487. The van der Waals surface area contributed by atoms with Crippen molar-refractivity contribution in [2.75, 3.05) is 78.5 Å². The van der Waals surface area contributed by atoms with E-state index < -0.39 is 24.2 Å². The van der Waals surface area contributed by atoms with Gasteiger partial charge in [0.25, 0.3) is 0 Å². The minimum atomic E-state index is -1.56. The second kappa shape index (κ2) is 12.6. The topological polar surface area (TPSA) is 165 Å². The van der Waals surface area contributed by atoms with Crippen LogP contribution in [0.25, 0.3) is 0 Å². The van der Waals surface area contributed by atoms with Crippen LogP contribution in [0.1, 0.15) is 0 Å². The molecule has 0 aromatic heterocycles. The van der Waals surface area contributed by atoms with Crippen molar-refractivity contribution in [1.29, 1.82) is 0 Å². The summed E-state index contributed by atoms with van der Waals surface area (Å²) in [4.78, 5) is 40.0. The lowest BCUT2D eigenvalue weighted by Gasteiger charge is -2.33. The molecule has 0 aromatic rings. The van der Waals surface area contributed by atoms with E-state index in [1.54, 1.807) is 19.6 Å². The summed E-state index contributed by atoms with van der Waals surface area (Å²) in [7, 11) is 0. The van der Waals surface area contributed by atoms with E-state index in [2.05, 4.69) is 0 Å². The Labute approximate surface area is 163 Å². The Balaban J connectivity index is 2.89. The normalized spacial score (nSPS) is 19.8. The predicted molar refractivity (Wildman–Crippen MR) is 96.9 cm³/mol. The van der Waals surface area contributed by atoms with Crippen molar-refractivity contribution in [3.05, 3.63) is 0 Å². The number of carboxylic acid groups (broad SMARTS) is 3. The summed E-state index contributed by atoms with van der Waals surface area (Å²) in [6.07, 6.45) is -1.56. The summed E-state index contributed by atoms with van der Waals surface area (Å²) in [5.41, 5.74) is 0. The van der Waals surface area contributed by atoms with Crippen molar-refractivity contribution < 1.29 is 39.9 Å². The Morgan fingerprint density at radius 3 is 1.04 bits per heavy atom. The maximum Gasteiger partial charge on any atom is 0.317 e. The zero-order valence-corrected chi connectivity index (χ0v) is 15.8. The van der Waals surface area contributed by atoms with Gasteiger partial charge in [0.1, 0.15) is 0 Å². The van der Waals surface area contributed by atoms with Gasteiger partial charge in [-0.05, 0) is 0 Å². The lowest BCUT2D eigenvalue weighted by Crippen LogP contribution is -2.49. The summed E-state index contributed by atoms with van der Waals surface area (Å²) in [5.74, 6) is -3.01. The van der Waals surface area contributed by atoms with Gasteiger partial charge >= 0.3 is 17.9 Å². The molecule has 1 aliphatic heterocycles. The first-order valence-electron chi connectivity index (χ1n) is 9.06. The summed E-state index contributed by atoms with van der Waals surface area (Å²) in [5, 5.41) is 45.8. The minimum absolute atomic E-state index is 0.0348. The number of aliphatic carboxylic acids is 3. The van der Waals surface area contributed by atoms with Crippen LogP contribution in [0.2, 0.25) is 0 Å². The van der Waals surface area contributed by atoms with Crippen LogP contribution in [0, 0.1) is 0 Å². The van der Waals surface area contributed by atoms with E-state index in [9.17, 15) is 24.6 Å².